The number of halogens is 2. The second kappa shape index (κ2) is 10.7. The van der Waals surface area contributed by atoms with Gasteiger partial charge in [0.05, 0.1) is 10.6 Å². The molecule has 0 bridgehead atoms. The first-order valence-electron chi connectivity index (χ1n) is 12.9. The SMILES string of the molecule is CC(C)n1c(=O)c(-c2cccc(F)c2Cl)cn(CC(=O)N2CCC(N3Cc4ccccc4NC3=O)CC2)c1=O. The van der Waals surface area contributed by atoms with E-state index in [4.69, 9.17) is 11.6 Å². The maximum Gasteiger partial charge on any atom is 0.331 e. The van der Waals surface area contributed by atoms with Gasteiger partial charge in [0.15, 0.2) is 0 Å². The standard InChI is InChI=1S/C28H29ClFN5O4/c1-17(2)35-26(37)21(20-7-5-8-22(30)25(20)29)15-33(28(35)39)16-24(36)32-12-10-19(11-13-32)34-14-18-6-3-4-9-23(18)31-27(34)38/h3-9,15,17,19H,10-14,16H2,1-2H3,(H,31,38). The fraction of sp³-hybridized carbons (Fsp3) is 0.357. The highest BCUT2D eigenvalue weighted by Crippen LogP contribution is 2.29. The highest BCUT2D eigenvalue weighted by Gasteiger charge is 2.33. The van der Waals surface area contributed by atoms with Crippen molar-refractivity contribution in [3.05, 3.63) is 85.9 Å². The molecule has 2 aliphatic heterocycles. The van der Waals surface area contributed by atoms with Crippen molar-refractivity contribution in [3.63, 3.8) is 0 Å². The molecule has 1 saturated heterocycles. The van der Waals surface area contributed by atoms with Crippen LogP contribution in [0.3, 0.4) is 0 Å². The summed E-state index contributed by atoms with van der Waals surface area (Å²) in [5.41, 5.74) is 0.824. The number of benzene rings is 2. The predicted octanol–water partition coefficient (Wildman–Crippen LogP) is 4.09. The van der Waals surface area contributed by atoms with Crippen LogP contribution in [0.25, 0.3) is 11.1 Å². The zero-order valence-corrected chi connectivity index (χ0v) is 22.4. The topological polar surface area (TPSA) is 96.7 Å². The highest BCUT2D eigenvalue weighted by atomic mass is 35.5. The first kappa shape index (κ1) is 26.7. The summed E-state index contributed by atoms with van der Waals surface area (Å²) in [5, 5.41) is 2.70. The Morgan fingerprint density at radius 3 is 2.49 bits per heavy atom. The first-order chi connectivity index (χ1) is 18.7. The van der Waals surface area contributed by atoms with Crippen molar-refractivity contribution in [2.75, 3.05) is 18.4 Å². The second-order valence-electron chi connectivity index (χ2n) is 10.2. The van der Waals surface area contributed by atoms with Crippen LogP contribution in [0.2, 0.25) is 5.02 Å². The largest absolute Gasteiger partial charge is 0.341 e. The lowest BCUT2D eigenvalue weighted by molar-refractivity contribution is -0.133. The quantitative estimate of drug-likeness (QED) is 0.515. The lowest BCUT2D eigenvalue weighted by Crippen LogP contribution is -2.52. The van der Waals surface area contributed by atoms with Gasteiger partial charge in [0.2, 0.25) is 5.91 Å². The van der Waals surface area contributed by atoms with E-state index >= 15 is 0 Å². The Balaban J connectivity index is 1.34. The number of rotatable bonds is 5. The Hall–Kier alpha value is -3.92. The summed E-state index contributed by atoms with van der Waals surface area (Å²) in [5.74, 6) is -0.971. The van der Waals surface area contributed by atoms with Gasteiger partial charge in [-0.05, 0) is 44.4 Å². The van der Waals surface area contributed by atoms with Gasteiger partial charge in [-0.3, -0.25) is 18.7 Å². The van der Waals surface area contributed by atoms with Crippen LogP contribution in [0.4, 0.5) is 14.9 Å². The molecular weight excluding hydrogens is 525 g/mol. The van der Waals surface area contributed by atoms with Crippen LogP contribution in [-0.4, -0.2) is 50.0 Å². The number of amides is 3. The van der Waals surface area contributed by atoms with Crippen LogP contribution in [0.1, 0.15) is 38.3 Å². The molecule has 3 heterocycles. The molecule has 3 aromatic rings. The van der Waals surface area contributed by atoms with Crippen molar-refractivity contribution < 1.29 is 14.0 Å². The molecule has 0 aliphatic carbocycles. The number of nitrogens with zero attached hydrogens (tertiary/aromatic N) is 4. The Labute approximate surface area is 229 Å². The van der Waals surface area contributed by atoms with Gasteiger partial charge in [-0.2, -0.15) is 0 Å². The minimum absolute atomic E-state index is 0.0188. The number of nitrogens with one attached hydrogen (secondary N) is 1. The van der Waals surface area contributed by atoms with Crippen molar-refractivity contribution in [3.8, 4) is 11.1 Å². The second-order valence-corrected chi connectivity index (χ2v) is 10.5. The van der Waals surface area contributed by atoms with E-state index in [9.17, 15) is 23.6 Å². The average molecular weight is 554 g/mol. The molecule has 204 valence electrons. The number of hydrogen-bond donors (Lipinski definition) is 1. The van der Waals surface area contributed by atoms with E-state index in [1.807, 2.05) is 29.2 Å². The van der Waals surface area contributed by atoms with E-state index in [-0.39, 0.29) is 40.7 Å². The number of likely N-dealkylation sites (tertiary alicyclic amines) is 1. The zero-order valence-electron chi connectivity index (χ0n) is 21.7. The third-order valence-corrected chi connectivity index (χ3v) is 7.75. The van der Waals surface area contributed by atoms with E-state index in [1.54, 1.807) is 18.7 Å². The van der Waals surface area contributed by atoms with Crippen LogP contribution >= 0.6 is 11.6 Å². The molecule has 2 aliphatic rings. The van der Waals surface area contributed by atoms with Crippen molar-refractivity contribution in [1.82, 2.24) is 18.9 Å². The number of carbonyl (C=O) groups is 2. The molecule has 0 unspecified atom stereocenters. The predicted molar refractivity (Wildman–Crippen MR) is 146 cm³/mol. The number of para-hydroxylation sites is 1. The number of piperidine rings is 1. The van der Waals surface area contributed by atoms with Crippen molar-refractivity contribution in [1.29, 1.82) is 0 Å². The maximum absolute atomic E-state index is 14.2. The molecule has 0 saturated carbocycles. The molecule has 9 nitrogen and oxygen atoms in total. The summed E-state index contributed by atoms with van der Waals surface area (Å²) < 4.78 is 16.4. The first-order valence-corrected chi connectivity index (χ1v) is 13.3. The van der Waals surface area contributed by atoms with Crippen molar-refractivity contribution in [2.45, 2.75) is 51.9 Å². The van der Waals surface area contributed by atoms with E-state index in [0.29, 0.717) is 32.5 Å². The molecule has 0 atom stereocenters. The molecule has 1 fully saturated rings. The van der Waals surface area contributed by atoms with E-state index in [1.165, 1.54) is 29.0 Å². The lowest BCUT2D eigenvalue weighted by Gasteiger charge is -2.40. The number of hydrogen-bond acceptors (Lipinski definition) is 4. The van der Waals surface area contributed by atoms with E-state index < -0.39 is 23.1 Å². The van der Waals surface area contributed by atoms with Crippen molar-refractivity contribution in [2.24, 2.45) is 0 Å². The van der Waals surface area contributed by atoms with Crippen LogP contribution in [0.5, 0.6) is 0 Å². The van der Waals surface area contributed by atoms with E-state index in [2.05, 4.69) is 5.32 Å². The number of fused-ring (bicyclic) bond motifs is 1. The van der Waals surface area contributed by atoms with Gasteiger partial charge >= 0.3 is 11.7 Å². The maximum atomic E-state index is 14.2. The number of anilines is 1. The molecule has 39 heavy (non-hydrogen) atoms. The summed E-state index contributed by atoms with van der Waals surface area (Å²) in [6, 6.07) is 11.1. The normalized spacial score (nSPS) is 15.9. The minimum atomic E-state index is -0.688. The Bertz CT molecular complexity index is 1560. The Morgan fingerprint density at radius 2 is 1.77 bits per heavy atom. The molecule has 3 amide bonds. The summed E-state index contributed by atoms with van der Waals surface area (Å²) >= 11 is 6.15. The monoisotopic (exact) mass is 553 g/mol. The number of carbonyl (C=O) groups excluding carboxylic acids is 2. The van der Waals surface area contributed by atoms with Gasteiger partial charge in [-0.25, -0.2) is 14.0 Å². The van der Waals surface area contributed by atoms with Crippen LogP contribution < -0.4 is 16.6 Å². The molecule has 1 N–H and O–H groups in total. The minimum Gasteiger partial charge on any atom is -0.341 e. The smallest absolute Gasteiger partial charge is 0.331 e. The zero-order chi connectivity index (χ0) is 27.8. The summed E-state index contributed by atoms with van der Waals surface area (Å²) in [6.45, 7) is 4.45. The highest BCUT2D eigenvalue weighted by molar-refractivity contribution is 6.33. The molecule has 2 aromatic carbocycles. The molecule has 0 spiro atoms. The fourth-order valence-corrected chi connectivity index (χ4v) is 5.50. The van der Waals surface area contributed by atoms with Gasteiger partial charge in [0, 0.05) is 49.2 Å². The summed E-state index contributed by atoms with van der Waals surface area (Å²) in [6.07, 6.45) is 2.49. The van der Waals surface area contributed by atoms with Gasteiger partial charge in [-0.15, -0.1) is 0 Å². The summed E-state index contributed by atoms with van der Waals surface area (Å²) in [7, 11) is 0. The molecule has 5 rings (SSSR count). The van der Waals surface area contributed by atoms with Gasteiger partial charge < -0.3 is 15.1 Å². The molecule has 0 radical (unpaired) electrons. The van der Waals surface area contributed by atoms with E-state index in [0.717, 1.165) is 15.8 Å². The van der Waals surface area contributed by atoms with Crippen molar-refractivity contribution >= 4 is 29.2 Å². The Kier molecular flexibility index (Phi) is 7.31. The fourth-order valence-electron chi connectivity index (χ4n) is 5.28. The molecule has 1 aromatic heterocycles. The lowest BCUT2D eigenvalue weighted by atomic mass is 10.0. The number of aromatic nitrogens is 2. The van der Waals surface area contributed by atoms with Gasteiger partial charge in [0.25, 0.3) is 5.56 Å². The molecular formula is C28H29ClFN5O4. The summed E-state index contributed by atoms with van der Waals surface area (Å²) in [4.78, 5) is 55.8. The Morgan fingerprint density at radius 1 is 1.05 bits per heavy atom. The average Bonchev–Trinajstić information content (AvgIpc) is 2.91. The third kappa shape index (κ3) is 5.08. The van der Waals surface area contributed by atoms with Gasteiger partial charge in [-0.1, -0.05) is 41.9 Å². The van der Waals surface area contributed by atoms with Crippen LogP contribution in [-0.2, 0) is 17.9 Å². The van der Waals surface area contributed by atoms with Gasteiger partial charge in [0.1, 0.15) is 12.4 Å². The molecule has 11 heteroatoms. The number of urea groups is 1. The van der Waals surface area contributed by atoms with Crippen LogP contribution in [0.15, 0.2) is 58.3 Å². The van der Waals surface area contributed by atoms with Crippen LogP contribution in [0, 0.1) is 5.82 Å². The third-order valence-electron chi connectivity index (χ3n) is 7.37.